The third kappa shape index (κ3) is 5.12. The van der Waals surface area contributed by atoms with Crippen LogP contribution in [0.25, 0.3) is 11.1 Å². The molecular formula is C25H19F2N3O3. The summed E-state index contributed by atoms with van der Waals surface area (Å²) in [5.41, 5.74) is 1.93. The standard InChI is InChI=1S/C25H19F2N3O3/c26-21-7-6-17(12-22(21)27)15-30-10-2-5-20(25(30)33)24(32)29-14-16-3-1-4-18(11-16)19-8-9-28-23(31)13-19/h1-13H,14-15H2,(H,28,31)(H,29,32). The molecule has 0 bridgehead atoms. The Balaban J connectivity index is 1.49. The van der Waals surface area contributed by atoms with Crippen molar-refractivity contribution in [1.29, 1.82) is 0 Å². The molecule has 1 amide bonds. The van der Waals surface area contributed by atoms with Crippen molar-refractivity contribution in [2.45, 2.75) is 13.1 Å². The van der Waals surface area contributed by atoms with Crippen LogP contribution in [0.2, 0.25) is 0 Å². The van der Waals surface area contributed by atoms with Crippen LogP contribution in [0.4, 0.5) is 8.78 Å². The van der Waals surface area contributed by atoms with Crippen LogP contribution in [0.1, 0.15) is 21.5 Å². The maximum Gasteiger partial charge on any atom is 0.263 e. The highest BCUT2D eigenvalue weighted by Crippen LogP contribution is 2.18. The summed E-state index contributed by atoms with van der Waals surface area (Å²) in [6, 6.07) is 16.9. The average Bonchev–Trinajstić information content (AvgIpc) is 2.81. The Morgan fingerprint density at radius 2 is 1.70 bits per heavy atom. The summed E-state index contributed by atoms with van der Waals surface area (Å²) < 4.78 is 27.9. The summed E-state index contributed by atoms with van der Waals surface area (Å²) in [4.78, 5) is 39.5. The molecule has 0 spiro atoms. The highest BCUT2D eigenvalue weighted by atomic mass is 19.2. The number of pyridine rings is 2. The van der Waals surface area contributed by atoms with Gasteiger partial charge in [0.05, 0.1) is 6.54 Å². The maximum atomic E-state index is 13.5. The third-order valence-corrected chi connectivity index (χ3v) is 5.09. The molecule has 6 nitrogen and oxygen atoms in total. The van der Waals surface area contributed by atoms with Crippen molar-refractivity contribution < 1.29 is 13.6 Å². The van der Waals surface area contributed by atoms with E-state index in [4.69, 9.17) is 0 Å². The van der Waals surface area contributed by atoms with Gasteiger partial charge in [0.2, 0.25) is 5.56 Å². The quantitative estimate of drug-likeness (QED) is 0.475. The van der Waals surface area contributed by atoms with E-state index in [1.165, 1.54) is 29.0 Å². The normalized spacial score (nSPS) is 10.7. The van der Waals surface area contributed by atoms with Gasteiger partial charge in [0.1, 0.15) is 5.56 Å². The Morgan fingerprint density at radius 3 is 2.48 bits per heavy atom. The van der Waals surface area contributed by atoms with Gasteiger partial charge in [-0.3, -0.25) is 14.4 Å². The monoisotopic (exact) mass is 447 g/mol. The topological polar surface area (TPSA) is 84.0 Å². The van der Waals surface area contributed by atoms with Crippen LogP contribution in [0.5, 0.6) is 0 Å². The number of aromatic amines is 1. The average molecular weight is 447 g/mol. The van der Waals surface area contributed by atoms with E-state index in [9.17, 15) is 23.2 Å². The first-order valence-corrected chi connectivity index (χ1v) is 10.1. The lowest BCUT2D eigenvalue weighted by atomic mass is 10.0. The molecule has 0 fully saturated rings. The van der Waals surface area contributed by atoms with Gasteiger partial charge in [0.15, 0.2) is 11.6 Å². The first-order valence-electron chi connectivity index (χ1n) is 10.1. The molecule has 33 heavy (non-hydrogen) atoms. The molecule has 2 heterocycles. The Hall–Kier alpha value is -4.33. The molecule has 0 unspecified atom stereocenters. The number of carbonyl (C=O) groups excluding carboxylic acids is 1. The SMILES string of the molecule is O=C(NCc1cccc(-c2cc[nH]c(=O)c2)c1)c1cccn(Cc2ccc(F)c(F)c2)c1=O. The zero-order valence-electron chi connectivity index (χ0n) is 17.3. The molecule has 4 aromatic rings. The largest absolute Gasteiger partial charge is 0.348 e. The van der Waals surface area contributed by atoms with Crippen molar-refractivity contribution >= 4 is 5.91 Å². The number of halogens is 2. The van der Waals surface area contributed by atoms with Gasteiger partial charge in [-0.05, 0) is 58.7 Å². The number of aromatic nitrogens is 2. The molecule has 8 heteroatoms. The number of amides is 1. The van der Waals surface area contributed by atoms with Crippen LogP contribution in [-0.4, -0.2) is 15.5 Å². The minimum atomic E-state index is -1.00. The van der Waals surface area contributed by atoms with Crippen molar-refractivity contribution in [2.75, 3.05) is 0 Å². The zero-order valence-corrected chi connectivity index (χ0v) is 17.3. The van der Waals surface area contributed by atoms with Crippen molar-refractivity contribution in [3.8, 4) is 11.1 Å². The van der Waals surface area contributed by atoms with Crippen LogP contribution >= 0.6 is 0 Å². The first kappa shape index (κ1) is 21.9. The Bertz CT molecular complexity index is 1440. The summed E-state index contributed by atoms with van der Waals surface area (Å²) >= 11 is 0. The van der Waals surface area contributed by atoms with Crippen LogP contribution in [0.3, 0.4) is 0 Å². The van der Waals surface area contributed by atoms with E-state index in [-0.39, 0.29) is 24.2 Å². The molecule has 2 aromatic heterocycles. The first-order chi connectivity index (χ1) is 15.9. The summed E-state index contributed by atoms with van der Waals surface area (Å²) in [5.74, 6) is -2.53. The molecule has 0 aliphatic heterocycles. The van der Waals surface area contributed by atoms with Crippen LogP contribution in [0.15, 0.2) is 88.7 Å². The lowest BCUT2D eigenvalue weighted by Gasteiger charge is -2.10. The van der Waals surface area contributed by atoms with E-state index < -0.39 is 23.1 Å². The molecule has 166 valence electrons. The van der Waals surface area contributed by atoms with Gasteiger partial charge in [0, 0.05) is 25.0 Å². The third-order valence-electron chi connectivity index (χ3n) is 5.09. The summed E-state index contributed by atoms with van der Waals surface area (Å²) in [6.07, 6.45) is 3.04. The highest BCUT2D eigenvalue weighted by molar-refractivity contribution is 5.93. The highest BCUT2D eigenvalue weighted by Gasteiger charge is 2.13. The number of H-pyrrole nitrogens is 1. The van der Waals surface area contributed by atoms with Crippen LogP contribution < -0.4 is 16.4 Å². The summed E-state index contributed by atoms with van der Waals surface area (Å²) in [7, 11) is 0. The molecule has 2 N–H and O–H groups in total. The number of nitrogens with one attached hydrogen (secondary N) is 2. The second kappa shape index (κ2) is 9.44. The van der Waals surface area contributed by atoms with Crippen LogP contribution in [-0.2, 0) is 13.1 Å². The smallest absolute Gasteiger partial charge is 0.263 e. The minimum absolute atomic E-state index is 0.00456. The lowest BCUT2D eigenvalue weighted by molar-refractivity contribution is 0.0949. The van der Waals surface area contributed by atoms with E-state index in [1.807, 2.05) is 24.3 Å². The number of hydrogen-bond donors (Lipinski definition) is 2. The van der Waals surface area contributed by atoms with E-state index in [0.717, 1.165) is 28.8 Å². The van der Waals surface area contributed by atoms with E-state index in [2.05, 4.69) is 10.3 Å². The van der Waals surface area contributed by atoms with Gasteiger partial charge in [-0.25, -0.2) is 8.78 Å². The lowest BCUT2D eigenvalue weighted by Crippen LogP contribution is -2.32. The zero-order chi connectivity index (χ0) is 23.4. The van der Waals surface area contributed by atoms with Crippen molar-refractivity contribution in [3.63, 3.8) is 0 Å². The molecule has 0 aliphatic carbocycles. The molecule has 0 aliphatic rings. The molecule has 2 aromatic carbocycles. The number of rotatable bonds is 6. The Kier molecular flexibility index (Phi) is 6.26. The van der Waals surface area contributed by atoms with E-state index in [1.54, 1.807) is 18.3 Å². The fourth-order valence-corrected chi connectivity index (χ4v) is 3.43. The molecular weight excluding hydrogens is 428 g/mol. The van der Waals surface area contributed by atoms with Gasteiger partial charge in [0.25, 0.3) is 11.5 Å². The second-order valence-electron chi connectivity index (χ2n) is 7.43. The van der Waals surface area contributed by atoms with E-state index in [0.29, 0.717) is 5.56 Å². The molecule has 0 radical (unpaired) electrons. The van der Waals surface area contributed by atoms with E-state index >= 15 is 0 Å². The second-order valence-corrected chi connectivity index (χ2v) is 7.43. The van der Waals surface area contributed by atoms with Gasteiger partial charge in [-0.15, -0.1) is 0 Å². The minimum Gasteiger partial charge on any atom is -0.348 e. The molecule has 0 saturated heterocycles. The summed E-state index contributed by atoms with van der Waals surface area (Å²) in [6.45, 7) is 0.169. The Labute approximate surface area is 187 Å². The fourth-order valence-electron chi connectivity index (χ4n) is 3.43. The molecule has 0 atom stereocenters. The summed E-state index contributed by atoms with van der Waals surface area (Å²) in [5, 5.41) is 2.72. The molecule has 0 saturated carbocycles. The predicted molar refractivity (Wildman–Crippen MR) is 120 cm³/mol. The van der Waals surface area contributed by atoms with Gasteiger partial charge < -0.3 is 14.9 Å². The fraction of sp³-hybridized carbons (Fsp3) is 0.0800. The van der Waals surface area contributed by atoms with Gasteiger partial charge in [-0.2, -0.15) is 0 Å². The number of carbonyl (C=O) groups is 1. The van der Waals surface area contributed by atoms with Crippen LogP contribution in [0, 0.1) is 11.6 Å². The Morgan fingerprint density at radius 1 is 0.879 bits per heavy atom. The van der Waals surface area contributed by atoms with Crippen molar-refractivity contribution in [2.24, 2.45) is 0 Å². The van der Waals surface area contributed by atoms with Crippen molar-refractivity contribution in [3.05, 3.63) is 128 Å². The predicted octanol–water partition coefficient (Wildman–Crippen LogP) is 3.46. The number of nitrogens with zero attached hydrogens (tertiary/aromatic N) is 1. The number of benzene rings is 2. The van der Waals surface area contributed by atoms with Gasteiger partial charge in [-0.1, -0.05) is 24.3 Å². The van der Waals surface area contributed by atoms with Gasteiger partial charge >= 0.3 is 0 Å². The maximum absolute atomic E-state index is 13.5. The number of hydrogen-bond acceptors (Lipinski definition) is 3. The molecule has 4 rings (SSSR count). The van der Waals surface area contributed by atoms with Crippen molar-refractivity contribution in [1.82, 2.24) is 14.9 Å².